The van der Waals surface area contributed by atoms with Crippen LogP contribution >= 0.6 is 22.7 Å². The lowest BCUT2D eigenvalue weighted by molar-refractivity contribution is -0.385. The number of benzene rings is 1. The third kappa shape index (κ3) is 4.21. The van der Waals surface area contributed by atoms with Crippen LogP contribution in [0.3, 0.4) is 0 Å². The van der Waals surface area contributed by atoms with Crippen molar-refractivity contribution in [3.8, 4) is 17.1 Å². The van der Waals surface area contributed by atoms with Crippen LogP contribution < -0.4 is 10.1 Å². The highest BCUT2D eigenvalue weighted by atomic mass is 32.1. The molecule has 1 amide bonds. The summed E-state index contributed by atoms with van der Waals surface area (Å²) < 4.78 is 7.28. The van der Waals surface area contributed by atoms with Crippen LogP contribution in [0.2, 0.25) is 0 Å². The molecule has 0 fully saturated rings. The summed E-state index contributed by atoms with van der Waals surface area (Å²) in [7, 11) is 1.83. The Balaban J connectivity index is 1.39. The number of nitrogens with zero attached hydrogens (tertiary/aromatic N) is 4. The highest BCUT2D eigenvalue weighted by Gasteiger charge is 2.16. The Hall–Kier alpha value is -3.57. The molecule has 3 heterocycles. The molecular weight excluding hydrogens is 426 g/mol. The maximum atomic E-state index is 12.5. The smallest absolute Gasteiger partial charge is 0.310 e. The minimum Gasteiger partial charge on any atom is -0.482 e. The molecule has 0 spiro atoms. The minimum absolute atomic E-state index is 0.0984. The zero-order valence-electron chi connectivity index (χ0n) is 15.6. The largest absolute Gasteiger partial charge is 0.482 e. The van der Waals surface area contributed by atoms with Gasteiger partial charge in [-0.2, -0.15) is 5.10 Å². The van der Waals surface area contributed by atoms with E-state index >= 15 is 0 Å². The highest BCUT2D eigenvalue weighted by molar-refractivity contribution is 7.14. The zero-order valence-corrected chi connectivity index (χ0v) is 17.3. The molecule has 4 aromatic rings. The van der Waals surface area contributed by atoms with Gasteiger partial charge in [0.25, 0.3) is 5.91 Å². The molecule has 30 heavy (non-hydrogen) atoms. The number of carbonyl (C=O) groups is 1. The van der Waals surface area contributed by atoms with Crippen molar-refractivity contribution in [2.45, 2.75) is 6.61 Å². The van der Waals surface area contributed by atoms with Gasteiger partial charge in [-0.05, 0) is 23.6 Å². The Labute approximate surface area is 178 Å². The fourth-order valence-corrected chi connectivity index (χ4v) is 4.19. The summed E-state index contributed by atoms with van der Waals surface area (Å²) >= 11 is 2.60. The van der Waals surface area contributed by atoms with Crippen molar-refractivity contribution in [1.29, 1.82) is 0 Å². The van der Waals surface area contributed by atoms with Crippen LogP contribution in [0.15, 0.2) is 53.4 Å². The standard InChI is InChI=1S/C19H15N5O4S2/c1-23-14(6-7-20-23)13-11-30-19(21-13)22-18(25)17-8-12(10-29-17)9-28-16-5-3-2-4-15(16)24(26)27/h2-8,10-11H,9H2,1H3,(H,21,22,25). The monoisotopic (exact) mass is 441 g/mol. The summed E-state index contributed by atoms with van der Waals surface area (Å²) in [5, 5.41) is 22.1. The molecule has 0 aliphatic carbocycles. The number of rotatable bonds is 7. The number of amides is 1. The molecule has 0 atom stereocenters. The van der Waals surface area contributed by atoms with E-state index in [4.69, 9.17) is 4.74 Å². The Morgan fingerprint density at radius 3 is 2.87 bits per heavy atom. The van der Waals surface area contributed by atoms with Gasteiger partial charge in [0.2, 0.25) is 0 Å². The Morgan fingerprint density at radius 2 is 2.10 bits per heavy atom. The summed E-state index contributed by atoms with van der Waals surface area (Å²) in [6.45, 7) is 0.122. The lowest BCUT2D eigenvalue weighted by atomic mass is 10.3. The number of ether oxygens (including phenoxy) is 1. The highest BCUT2D eigenvalue weighted by Crippen LogP contribution is 2.28. The maximum absolute atomic E-state index is 12.5. The van der Waals surface area contributed by atoms with Gasteiger partial charge in [-0.25, -0.2) is 4.98 Å². The molecule has 1 N–H and O–H groups in total. The first-order valence-electron chi connectivity index (χ1n) is 8.70. The molecular formula is C19H15N5O4S2. The number of anilines is 1. The zero-order chi connectivity index (χ0) is 21.1. The molecule has 0 radical (unpaired) electrons. The molecule has 1 aromatic carbocycles. The van der Waals surface area contributed by atoms with Gasteiger partial charge in [-0.3, -0.25) is 24.9 Å². The number of thiophene rings is 1. The first kappa shape index (κ1) is 19.7. The van der Waals surface area contributed by atoms with Crippen LogP contribution in [-0.4, -0.2) is 25.6 Å². The Morgan fingerprint density at radius 1 is 1.27 bits per heavy atom. The number of hydrogen-bond acceptors (Lipinski definition) is 8. The van der Waals surface area contributed by atoms with Gasteiger partial charge in [-0.15, -0.1) is 22.7 Å². The van der Waals surface area contributed by atoms with E-state index in [0.717, 1.165) is 17.0 Å². The van der Waals surface area contributed by atoms with Gasteiger partial charge in [0.05, 0.1) is 15.5 Å². The van der Waals surface area contributed by atoms with Gasteiger partial charge in [0.1, 0.15) is 12.3 Å². The van der Waals surface area contributed by atoms with E-state index < -0.39 is 4.92 Å². The minimum atomic E-state index is -0.490. The lowest BCUT2D eigenvalue weighted by Gasteiger charge is -2.05. The second kappa shape index (κ2) is 8.43. The molecule has 3 aromatic heterocycles. The molecule has 0 unspecified atom stereocenters. The molecule has 0 saturated carbocycles. The first-order chi connectivity index (χ1) is 14.5. The topological polar surface area (TPSA) is 112 Å². The van der Waals surface area contributed by atoms with Crippen molar-refractivity contribution in [1.82, 2.24) is 14.8 Å². The van der Waals surface area contributed by atoms with Crippen molar-refractivity contribution < 1.29 is 14.5 Å². The molecule has 11 heteroatoms. The van der Waals surface area contributed by atoms with Crippen LogP contribution in [0, 0.1) is 10.1 Å². The van der Waals surface area contributed by atoms with Gasteiger partial charge in [0.15, 0.2) is 10.9 Å². The third-order valence-corrected chi connectivity index (χ3v) is 5.88. The van der Waals surface area contributed by atoms with Gasteiger partial charge in [0, 0.05) is 30.3 Å². The molecule has 0 bridgehead atoms. The van der Waals surface area contributed by atoms with Crippen LogP contribution in [0.5, 0.6) is 5.75 Å². The second-order valence-electron chi connectivity index (χ2n) is 6.16. The molecule has 0 saturated heterocycles. The molecule has 0 aliphatic rings. The van der Waals surface area contributed by atoms with E-state index in [0.29, 0.717) is 10.0 Å². The van der Waals surface area contributed by atoms with E-state index in [9.17, 15) is 14.9 Å². The Kier molecular flexibility index (Phi) is 5.55. The van der Waals surface area contributed by atoms with Crippen LogP contribution in [-0.2, 0) is 13.7 Å². The van der Waals surface area contributed by atoms with Gasteiger partial charge in [-0.1, -0.05) is 12.1 Å². The predicted molar refractivity (Wildman–Crippen MR) is 114 cm³/mol. The normalized spacial score (nSPS) is 10.7. The first-order valence-corrected chi connectivity index (χ1v) is 10.5. The number of nitrogens with one attached hydrogen (secondary N) is 1. The maximum Gasteiger partial charge on any atom is 0.310 e. The van der Waals surface area contributed by atoms with E-state index in [1.54, 1.807) is 40.5 Å². The van der Waals surface area contributed by atoms with Crippen LogP contribution in [0.25, 0.3) is 11.4 Å². The van der Waals surface area contributed by atoms with E-state index in [-0.39, 0.29) is 24.0 Å². The number of nitro groups is 1. The second-order valence-corrected chi connectivity index (χ2v) is 7.93. The summed E-state index contributed by atoms with van der Waals surface area (Å²) in [6.07, 6.45) is 1.69. The lowest BCUT2D eigenvalue weighted by Crippen LogP contribution is -2.10. The number of hydrogen-bond donors (Lipinski definition) is 1. The third-order valence-electron chi connectivity index (χ3n) is 4.14. The molecule has 152 valence electrons. The number of aromatic nitrogens is 3. The number of thiazole rings is 1. The number of aryl methyl sites for hydroxylation is 1. The van der Waals surface area contributed by atoms with Crippen molar-refractivity contribution in [3.05, 3.63) is 73.9 Å². The predicted octanol–water partition coefficient (Wildman–Crippen LogP) is 4.34. The van der Waals surface area contributed by atoms with Crippen molar-refractivity contribution in [2.24, 2.45) is 7.05 Å². The fraction of sp³-hybridized carbons (Fsp3) is 0.105. The van der Waals surface area contributed by atoms with Gasteiger partial charge >= 0.3 is 5.69 Å². The quantitative estimate of drug-likeness (QED) is 0.337. The number of para-hydroxylation sites is 2. The Bertz CT molecular complexity index is 1210. The molecule has 0 aliphatic heterocycles. The van der Waals surface area contributed by atoms with Crippen molar-refractivity contribution >= 4 is 39.4 Å². The number of nitro benzene ring substituents is 1. The van der Waals surface area contributed by atoms with Crippen LogP contribution in [0.4, 0.5) is 10.8 Å². The SMILES string of the molecule is Cn1nccc1-c1csc(NC(=O)c2cc(COc3ccccc3[N+](=O)[O-])cs2)n1. The van der Waals surface area contributed by atoms with E-state index in [1.807, 2.05) is 18.5 Å². The average molecular weight is 441 g/mol. The summed E-state index contributed by atoms with van der Waals surface area (Å²) in [6, 6.07) is 9.72. The van der Waals surface area contributed by atoms with Crippen molar-refractivity contribution in [3.63, 3.8) is 0 Å². The average Bonchev–Trinajstić information content (AvgIpc) is 3.47. The molecule has 4 rings (SSSR count). The van der Waals surface area contributed by atoms with Gasteiger partial charge < -0.3 is 4.74 Å². The van der Waals surface area contributed by atoms with E-state index in [2.05, 4.69) is 15.4 Å². The molecule has 9 nitrogen and oxygen atoms in total. The number of carbonyl (C=O) groups excluding carboxylic acids is 1. The summed E-state index contributed by atoms with van der Waals surface area (Å²) in [5.41, 5.74) is 2.24. The summed E-state index contributed by atoms with van der Waals surface area (Å²) in [5.74, 6) is -0.0898. The fourth-order valence-electron chi connectivity index (χ4n) is 2.69. The summed E-state index contributed by atoms with van der Waals surface area (Å²) in [4.78, 5) is 28.0. The van der Waals surface area contributed by atoms with E-state index in [1.165, 1.54) is 28.7 Å². The van der Waals surface area contributed by atoms with Crippen LogP contribution in [0.1, 0.15) is 15.2 Å². The van der Waals surface area contributed by atoms with Crippen molar-refractivity contribution in [2.75, 3.05) is 5.32 Å².